The third-order valence-corrected chi connectivity index (χ3v) is 5.70. The number of nitrogens with zero attached hydrogens (tertiary/aromatic N) is 2. The summed E-state index contributed by atoms with van der Waals surface area (Å²) in [7, 11) is 0. The van der Waals surface area contributed by atoms with Gasteiger partial charge in [0.15, 0.2) is 0 Å². The van der Waals surface area contributed by atoms with Crippen molar-refractivity contribution in [3.63, 3.8) is 0 Å². The molecule has 1 atom stereocenters. The zero-order valence-electron chi connectivity index (χ0n) is 13.2. The molecule has 0 saturated carbocycles. The van der Waals surface area contributed by atoms with Gasteiger partial charge in [0.25, 0.3) is 11.8 Å². The van der Waals surface area contributed by atoms with Crippen molar-refractivity contribution in [2.24, 2.45) is 0 Å². The number of hydrogen-bond donors (Lipinski definition) is 1. The highest BCUT2D eigenvalue weighted by atomic mass is 32.1. The van der Waals surface area contributed by atoms with Gasteiger partial charge < -0.3 is 10.0 Å². The van der Waals surface area contributed by atoms with Gasteiger partial charge in [0, 0.05) is 39.0 Å². The van der Waals surface area contributed by atoms with Crippen LogP contribution in [0.25, 0.3) is 0 Å². The second kappa shape index (κ2) is 6.11. The first kappa shape index (κ1) is 16.8. The Bertz CT molecular complexity index is 582. The molecule has 2 saturated heterocycles. The molecule has 4 nitrogen and oxygen atoms in total. The van der Waals surface area contributed by atoms with Gasteiger partial charge in [-0.15, -0.1) is 11.3 Å². The van der Waals surface area contributed by atoms with Gasteiger partial charge in [-0.1, -0.05) is 0 Å². The summed E-state index contributed by atoms with van der Waals surface area (Å²) in [4.78, 5) is 16.7. The molecule has 2 aliphatic rings. The highest BCUT2D eigenvalue weighted by molar-refractivity contribution is 7.12. The topological polar surface area (TPSA) is 43.8 Å². The fraction of sp³-hybridized carbons (Fsp3) is 0.688. The SMILES string of the molecule is Cc1csc(C(=O)N2CC[C@](O)(CN3CCC(F)(F)CC3)C2)c1. The molecule has 128 valence electrons. The minimum atomic E-state index is -2.58. The summed E-state index contributed by atoms with van der Waals surface area (Å²) in [6.07, 6.45) is 0.191. The van der Waals surface area contributed by atoms with Crippen LogP contribution in [0.5, 0.6) is 0 Å². The van der Waals surface area contributed by atoms with Crippen molar-refractivity contribution in [1.82, 2.24) is 9.80 Å². The Kier molecular flexibility index (Phi) is 4.46. The number of alkyl halides is 2. The number of aliphatic hydroxyl groups is 1. The lowest BCUT2D eigenvalue weighted by Gasteiger charge is -2.36. The van der Waals surface area contributed by atoms with Crippen molar-refractivity contribution < 1.29 is 18.7 Å². The number of piperidine rings is 1. The maximum absolute atomic E-state index is 13.2. The number of carbonyl (C=O) groups excluding carboxylic acids is 1. The lowest BCUT2D eigenvalue weighted by atomic mass is 10.00. The number of aryl methyl sites for hydroxylation is 1. The Balaban J connectivity index is 1.57. The van der Waals surface area contributed by atoms with Gasteiger partial charge in [-0.05, 0) is 30.4 Å². The van der Waals surface area contributed by atoms with Gasteiger partial charge in [0.1, 0.15) is 0 Å². The Hall–Kier alpha value is -1.05. The molecule has 1 N–H and O–H groups in total. The van der Waals surface area contributed by atoms with E-state index in [1.54, 1.807) is 4.90 Å². The number of halogens is 2. The average Bonchev–Trinajstić information content (AvgIpc) is 3.07. The Morgan fingerprint density at radius 2 is 2.00 bits per heavy atom. The van der Waals surface area contributed by atoms with E-state index in [1.807, 2.05) is 23.3 Å². The van der Waals surface area contributed by atoms with Crippen LogP contribution in [0.1, 0.15) is 34.5 Å². The summed E-state index contributed by atoms with van der Waals surface area (Å²) < 4.78 is 26.4. The first-order valence-electron chi connectivity index (χ1n) is 7.93. The molecule has 0 radical (unpaired) electrons. The van der Waals surface area contributed by atoms with Crippen LogP contribution < -0.4 is 0 Å². The number of β-amino-alcohol motifs (C(OH)–C–C–N with tert-alkyl or cyclic N) is 1. The molecule has 23 heavy (non-hydrogen) atoms. The summed E-state index contributed by atoms with van der Waals surface area (Å²) in [6, 6.07) is 1.86. The molecule has 0 aliphatic carbocycles. The fourth-order valence-corrected chi connectivity index (χ4v) is 4.18. The Morgan fingerprint density at radius 3 is 2.61 bits per heavy atom. The normalized spacial score (nSPS) is 28.3. The van der Waals surface area contributed by atoms with Gasteiger partial charge in [0.05, 0.1) is 17.0 Å². The lowest BCUT2D eigenvalue weighted by Crippen LogP contribution is -2.49. The molecule has 2 aliphatic heterocycles. The quantitative estimate of drug-likeness (QED) is 0.915. The summed E-state index contributed by atoms with van der Waals surface area (Å²) in [5, 5.41) is 12.7. The highest BCUT2D eigenvalue weighted by Gasteiger charge is 2.42. The van der Waals surface area contributed by atoms with E-state index in [9.17, 15) is 18.7 Å². The molecule has 0 bridgehead atoms. The first-order valence-corrected chi connectivity index (χ1v) is 8.81. The van der Waals surface area contributed by atoms with Crippen molar-refractivity contribution in [2.45, 2.75) is 37.7 Å². The predicted octanol–water partition coefficient (Wildman–Crippen LogP) is 2.36. The minimum absolute atomic E-state index is 0.0517. The van der Waals surface area contributed by atoms with Crippen molar-refractivity contribution in [3.05, 3.63) is 21.9 Å². The number of likely N-dealkylation sites (tertiary alicyclic amines) is 2. The second-order valence-electron chi connectivity index (χ2n) is 6.82. The van der Waals surface area contributed by atoms with E-state index in [0.717, 1.165) is 5.56 Å². The van der Waals surface area contributed by atoms with E-state index in [-0.39, 0.29) is 25.3 Å². The summed E-state index contributed by atoms with van der Waals surface area (Å²) in [5.41, 5.74) is 0.0660. The van der Waals surface area contributed by atoms with Crippen LogP contribution in [-0.4, -0.2) is 65.1 Å². The van der Waals surface area contributed by atoms with Crippen LogP contribution in [0.4, 0.5) is 8.78 Å². The summed E-state index contributed by atoms with van der Waals surface area (Å²) in [6.45, 7) is 3.68. The van der Waals surface area contributed by atoms with Crippen molar-refractivity contribution in [1.29, 1.82) is 0 Å². The number of amides is 1. The van der Waals surface area contributed by atoms with Crippen LogP contribution in [0, 0.1) is 6.92 Å². The molecule has 2 fully saturated rings. The minimum Gasteiger partial charge on any atom is -0.387 e. The Morgan fingerprint density at radius 1 is 1.30 bits per heavy atom. The van der Waals surface area contributed by atoms with Gasteiger partial charge in [-0.3, -0.25) is 9.69 Å². The summed E-state index contributed by atoms with van der Waals surface area (Å²) in [5.74, 6) is -2.63. The van der Waals surface area contributed by atoms with E-state index in [1.165, 1.54) is 11.3 Å². The summed E-state index contributed by atoms with van der Waals surface area (Å²) >= 11 is 1.41. The molecule has 0 spiro atoms. The Labute approximate surface area is 138 Å². The molecule has 0 unspecified atom stereocenters. The van der Waals surface area contributed by atoms with Crippen LogP contribution in [0.2, 0.25) is 0 Å². The second-order valence-corrected chi connectivity index (χ2v) is 7.73. The zero-order valence-corrected chi connectivity index (χ0v) is 14.0. The van der Waals surface area contributed by atoms with Gasteiger partial charge in [0.2, 0.25) is 0 Å². The van der Waals surface area contributed by atoms with Crippen LogP contribution >= 0.6 is 11.3 Å². The smallest absolute Gasteiger partial charge is 0.264 e. The third-order valence-electron chi connectivity index (χ3n) is 4.67. The van der Waals surface area contributed by atoms with Crippen molar-refractivity contribution in [2.75, 3.05) is 32.7 Å². The molecular weight excluding hydrogens is 322 g/mol. The van der Waals surface area contributed by atoms with E-state index in [2.05, 4.69) is 0 Å². The third kappa shape index (κ3) is 3.89. The van der Waals surface area contributed by atoms with Crippen LogP contribution in [-0.2, 0) is 0 Å². The molecule has 1 aromatic heterocycles. The lowest BCUT2D eigenvalue weighted by molar-refractivity contribution is -0.0720. The maximum atomic E-state index is 13.2. The standard InChI is InChI=1S/C16H22F2N2O2S/c1-12-8-13(23-9-12)14(21)20-7-2-15(22,11-20)10-19-5-3-16(17,18)4-6-19/h8-9,22H,2-7,10-11H2,1H3/t15-/m0/s1. The van der Waals surface area contributed by atoms with Gasteiger partial charge in [-0.2, -0.15) is 0 Å². The van der Waals surface area contributed by atoms with Gasteiger partial charge in [-0.25, -0.2) is 8.78 Å². The molecule has 7 heteroatoms. The number of thiophene rings is 1. The molecule has 1 amide bonds. The van der Waals surface area contributed by atoms with Crippen LogP contribution in [0.3, 0.4) is 0 Å². The predicted molar refractivity (Wildman–Crippen MR) is 85.1 cm³/mol. The van der Waals surface area contributed by atoms with E-state index in [4.69, 9.17) is 0 Å². The maximum Gasteiger partial charge on any atom is 0.264 e. The monoisotopic (exact) mass is 344 g/mol. The van der Waals surface area contributed by atoms with E-state index in [0.29, 0.717) is 37.5 Å². The molecule has 1 aromatic rings. The van der Waals surface area contributed by atoms with Crippen LogP contribution in [0.15, 0.2) is 11.4 Å². The molecule has 3 heterocycles. The molecular formula is C16H22F2N2O2S. The molecule has 3 rings (SSSR count). The van der Waals surface area contributed by atoms with Crippen molar-refractivity contribution >= 4 is 17.2 Å². The zero-order chi connectivity index (χ0) is 16.7. The highest BCUT2D eigenvalue weighted by Crippen LogP contribution is 2.31. The van der Waals surface area contributed by atoms with E-state index >= 15 is 0 Å². The van der Waals surface area contributed by atoms with Gasteiger partial charge >= 0.3 is 0 Å². The number of hydrogen-bond acceptors (Lipinski definition) is 4. The number of rotatable bonds is 3. The number of carbonyl (C=O) groups is 1. The molecule has 0 aromatic carbocycles. The first-order chi connectivity index (χ1) is 10.8. The van der Waals surface area contributed by atoms with E-state index < -0.39 is 11.5 Å². The van der Waals surface area contributed by atoms with Crippen molar-refractivity contribution in [3.8, 4) is 0 Å². The average molecular weight is 344 g/mol. The fourth-order valence-electron chi connectivity index (χ4n) is 3.31. The largest absolute Gasteiger partial charge is 0.387 e.